The Balaban J connectivity index is 1.77. The Labute approximate surface area is 151 Å². The molecule has 0 radical (unpaired) electrons. The number of aliphatic imine (C=N–C) groups is 1. The molecule has 2 rings (SSSR count). The lowest BCUT2D eigenvalue weighted by Crippen LogP contribution is -2.39. The van der Waals surface area contributed by atoms with Gasteiger partial charge in [0.25, 0.3) is 0 Å². The van der Waals surface area contributed by atoms with Gasteiger partial charge in [-0.25, -0.2) is 8.42 Å². The second-order valence-electron chi connectivity index (χ2n) is 6.51. The largest absolute Gasteiger partial charge is 0.379 e. The van der Waals surface area contributed by atoms with Crippen LogP contribution in [0.25, 0.3) is 0 Å². The number of sulfone groups is 1. The Morgan fingerprint density at radius 2 is 1.92 bits per heavy atom. The van der Waals surface area contributed by atoms with Crippen molar-refractivity contribution in [2.45, 2.75) is 25.2 Å². The van der Waals surface area contributed by atoms with Crippen LogP contribution in [0, 0.1) is 0 Å². The molecule has 1 aromatic rings. The zero-order chi connectivity index (χ0) is 18.2. The van der Waals surface area contributed by atoms with Gasteiger partial charge in [-0.2, -0.15) is 0 Å². The van der Waals surface area contributed by atoms with Crippen LogP contribution in [-0.4, -0.2) is 59.2 Å². The summed E-state index contributed by atoms with van der Waals surface area (Å²) in [7, 11) is -2.96. The molecule has 7 heteroatoms. The van der Waals surface area contributed by atoms with Crippen molar-refractivity contribution in [3.63, 3.8) is 0 Å². The van der Waals surface area contributed by atoms with Crippen molar-refractivity contribution in [2.24, 2.45) is 4.99 Å². The van der Waals surface area contributed by atoms with Crippen LogP contribution >= 0.6 is 0 Å². The van der Waals surface area contributed by atoms with Crippen LogP contribution in [0.4, 0.5) is 0 Å². The number of benzene rings is 1. The minimum absolute atomic E-state index is 0.0563. The van der Waals surface area contributed by atoms with Gasteiger partial charge >= 0.3 is 0 Å². The SMILES string of the molecule is CCNC(=NCC1(c2ccccc2)CC1)NCCOCCS(C)(=O)=O. The van der Waals surface area contributed by atoms with Gasteiger partial charge in [-0.05, 0) is 25.3 Å². The number of ether oxygens (including phenoxy) is 1. The molecule has 1 fully saturated rings. The summed E-state index contributed by atoms with van der Waals surface area (Å²) in [5.41, 5.74) is 1.55. The molecule has 0 heterocycles. The molecule has 140 valence electrons. The first-order valence-corrected chi connectivity index (χ1v) is 10.8. The van der Waals surface area contributed by atoms with Crippen LogP contribution < -0.4 is 10.6 Å². The summed E-state index contributed by atoms with van der Waals surface area (Å²) >= 11 is 0. The summed E-state index contributed by atoms with van der Waals surface area (Å²) in [5, 5.41) is 6.47. The van der Waals surface area contributed by atoms with E-state index in [1.165, 1.54) is 24.7 Å². The highest BCUT2D eigenvalue weighted by molar-refractivity contribution is 7.90. The predicted molar refractivity (Wildman–Crippen MR) is 102 cm³/mol. The Morgan fingerprint density at radius 3 is 2.52 bits per heavy atom. The molecule has 0 saturated heterocycles. The average Bonchev–Trinajstić information content (AvgIpc) is 3.37. The maximum absolute atomic E-state index is 11.0. The standard InChI is InChI=1S/C18H29N3O3S/c1-3-19-17(20-11-12-24-13-14-25(2,22)23)21-15-18(9-10-18)16-7-5-4-6-8-16/h4-8H,3,9-15H2,1-2H3,(H2,19,20,21). The van der Waals surface area contributed by atoms with E-state index in [9.17, 15) is 8.42 Å². The predicted octanol–water partition coefficient (Wildman–Crippen LogP) is 1.33. The summed E-state index contributed by atoms with van der Waals surface area (Å²) in [6.07, 6.45) is 3.56. The molecule has 1 aliphatic rings. The highest BCUT2D eigenvalue weighted by Gasteiger charge is 2.43. The van der Waals surface area contributed by atoms with E-state index in [1.807, 2.05) is 13.0 Å². The molecule has 0 amide bonds. The van der Waals surface area contributed by atoms with Crippen LogP contribution in [-0.2, 0) is 20.0 Å². The minimum atomic E-state index is -2.96. The normalized spacial score (nSPS) is 16.5. The van der Waals surface area contributed by atoms with Crippen molar-refractivity contribution >= 4 is 15.8 Å². The fourth-order valence-electron chi connectivity index (χ4n) is 2.61. The maximum Gasteiger partial charge on any atom is 0.191 e. The summed E-state index contributed by atoms with van der Waals surface area (Å²) in [6.45, 7) is 4.85. The van der Waals surface area contributed by atoms with Gasteiger partial charge in [-0.3, -0.25) is 4.99 Å². The van der Waals surface area contributed by atoms with Gasteiger partial charge in [0, 0.05) is 24.8 Å². The molecule has 0 bridgehead atoms. The molecular formula is C18H29N3O3S. The summed E-state index contributed by atoms with van der Waals surface area (Å²) in [5.74, 6) is 0.831. The van der Waals surface area contributed by atoms with E-state index in [0.29, 0.717) is 13.2 Å². The number of guanidine groups is 1. The lowest BCUT2D eigenvalue weighted by molar-refractivity contribution is 0.154. The van der Waals surface area contributed by atoms with Crippen molar-refractivity contribution in [1.82, 2.24) is 10.6 Å². The first kappa shape index (κ1) is 19.7. The van der Waals surface area contributed by atoms with Crippen LogP contribution in [0.1, 0.15) is 25.3 Å². The number of hydrogen-bond acceptors (Lipinski definition) is 4. The monoisotopic (exact) mass is 367 g/mol. The molecule has 6 nitrogen and oxygen atoms in total. The zero-order valence-electron chi connectivity index (χ0n) is 15.1. The molecular weight excluding hydrogens is 338 g/mol. The second-order valence-corrected chi connectivity index (χ2v) is 8.77. The third-order valence-electron chi connectivity index (χ3n) is 4.26. The van der Waals surface area contributed by atoms with Crippen LogP contribution in [0.5, 0.6) is 0 Å². The molecule has 0 spiro atoms. The third kappa shape index (κ3) is 7.04. The van der Waals surface area contributed by atoms with E-state index in [1.54, 1.807) is 0 Å². The number of nitrogens with zero attached hydrogens (tertiary/aromatic N) is 1. The third-order valence-corrected chi connectivity index (χ3v) is 5.17. The van der Waals surface area contributed by atoms with Crippen molar-refractivity contribution in [3.05, 3.63) is 35.9 Å². The molecule has 1 aromatic carbocycles. The van der Waals surface area contributed by atoms with Crippen LogP contribution in [0.2, 0.25) is 0 Å². The number of rotatable bonds is 10. The summed E-state index contributed by atoms with van der Waals surface area (Å²) < 4.78 is 27.4. The van der Waals surface area contributed by atoms with Crippen LogP contribution in [0.15, 0.2) is 35.3 Å². The molecule has 1 aliphatic carbocycles. The molecule has 0 atom stereocenters. The number of hydrogen-bond donors (Lipinski definition) is 2. The first-order chi connectivity index (χ1) is 12.0. The highest BCUT2D eigenvalue weighted by Crippen LogP contribution is 2.48. The van der Waals surface area contributed by atoms with Crippen molar-refractivity contribution in [2.75, 3.05) is 44.9 Å². The lowest BCUT2D eigenvalue weighted by atomic mass is 9.96. The Hall–Kier alpha value is -1.60. The van der Waals surface area contributed by atoms with Gasteiger partial charge in [0.05, 0.1) is 25.5 Å². The fourth-order valence-corrected chi connectivity index (χ4v) is 3.03. The van der Waals surface area contributed by atoms with E-state index in [4.69, 9.17) is 9.73 Å². The highest BCUT2D eigenvalue weighted by atomic mass is 32.2. The molecule has 0 unspecified atom stereocenters. The molecule has 0 aliphatic heterocycles. The Bertz CT molecular complexity index is 655. The average molecular weight is 368 g/mol. The molecule has 1 saturated carbocycles. The van der Waals surface area contributed by atoms with Crippen molar-refractivity contribution in [3.8, 4) is 0 Å². The van der Waals surface area contributed by atoms with Gasteiger partial charge in [0.15, 0.2) is 5.96 Å². The van der Waals surface area contributed by atoms with Gasteiger partial charge in [0.1, 0.15) is 9.84 Å². The quantitative estimate of drug-likeness (QED) is 0.371. The maximum atomic E-state index is 11.0. The Kier molecular flexibility index (Phi) is 7.25. The summed E-state index contributed by atoms with van der Waals surface area (Å²) in [4.78, 5) is 4.72. The molecule has 25 heavy (non-hydrogen) atoms. The molecule has 0 aromatic heterocycles. The van der Waals surface area contributed by atoms with Crippen molar-refractivity contribution < 1.29 is 13.2 Å². The summed E-state index contributed by atoms with van der Waals surface area (Å²) in [6, 6.07) is 10.6. The van der Waals surface area contributed by atoms with Crippen molar-refractivity contribution in [1.29, 1.82) is 0 Å². The lowest BCUT2D eigenvalue weighted by Gasteiger charge is -2.16. The van der Waals surface area contributed by atoms with E-state index >= 15 is 0 Å². The van der Waals surface area contributed by atoms with Gasteiger partial charge in [-0.15, -0.1) is 0 Å². The Morgan fingerprint density at radius 1 is 1.20 bits per heavy atom. The second kappa shape index (κ2) is 9.20. The van der Waals surface area contributed by atoms with Gasteiger partial charge in [0.2, 0.25) is 0 Å². The van der Waals surface area contributed by atoms with E-state index in [2.05, 4.69) is 34.9 Å². The van der Waals surface area contributed by atoms with Gasteiger partial charge in [-0.1, -0.05) is 30.3 Å². The van der Waals surface area contributed by atoms with E-state index in [-0.39, 0.29) is 17.8 Å². The van der Waals surface area contributed by atoms with Crippen LogP contribution in [0.3, 0.4) is 0 Å². The van der Waals surface area contributed by atoms with E-state index in [0.717, 1.165) is 19.0 Å². The molecule has 2 N–H and O–H groups in total. The van der Waals surface area contributed by atoms with E-state index < -0.39 is 9.84 Å². The topological polar surface area (TPSA) is 79.8 Å². The smallest absolute Gasteiger partial charge is 0.191 e. The zero-order valence-corrected chi connectivity index (χ0v) is 15.9. The first-order valence-electron chi connectivity index (χ1n) is 8.78. The minimum Gasteiger partial charge on any atom is -0.379 e. The van der Waals surface area contributed by atoms with Gasteiger partial charge < -0.3 is 15.4 Å². The fraction of sp³-hybridized carbons (Fsp3) is 0.611. The number of nitrogens with one attached hydrogen (secondary N) is 2.